The highest BCUT2D eigenvalue weighted by Crippen LogP contribution is 2.27. The Morgan fingerprint density at radius 3 is 1.75 bits per heavy atom. The van der Waals surface area contributed by atoms with Crippen LogP contribution in [0.5, 0.6) is 0 Å². The second kappa shape index (κ2) is 10.1. The molecule has 0 aliphatic heterocycles. The van der Waals surface area contributed by atoms with Crippen molar-refractivity contribution in [3.63, 3.8) is 0 Å². The van der Waals surface area contributed by atoms with E-state index in [9.17, 15) is 0 Å². The molecule has 2 N–H and O–H groups in total. The van der Waals surface area contributed by atoms with Gasteiger partial charge in [-0.3, -0.25) is 0 Å². The molecule has 0 aliphatic rings. The summed E-state index contributed by atoms with van der Waals surface area (Å²) in [6.45, 7) is 7.71. The maximum atomic E-state index is 5.81. The monoisotopic (exact) mass is 227 g/mol. The lowest BCUT2D eigenvalue weighted by molar-refractivity contribution is 0.283. The molecule has 0 aromatic carbocycles. The number of unbranched alkanes of at least 4 members (excludes halogenated alkanes) is 7. The first-order valence-electron chi connectivity index (χ1n) is 7.38. The lowest BCUT2D eigenvalue weighted by atomic mass is 9.82. The van der Waals surface area contributed by atoms with E-state index < -0.39 is 0 Å². The molecule has 0 aromatic heterocycles. The van der Waals surface area contributed by atoms with Crippen LogP contribution in [0.15, 0.2) is 0 Å². The van der Waals surface area contributed by atoms with Gasteiger partial charge in [-0.25, -0.2) is 0 Å². The van der Waals surface area contributed by atoms with Gasteiger partial charge in [-0.2, -0.15) is 0 Å². The van der Waals surface area contributed by atoms with Crippen LogP contribution in [0.3, 0.4) is 0 Å². The van der Waals surface area contributed by atoms with Crippen LogP contribution in [0.1, 0.15) is 85.0 Å². The molecule has 0 amide bonds. The van der Waals surface area contributed by atoms with Crippen molar-refractivity contribution in [3.8, 4) is 0 Å². The van der Waals surface area contributed by atoms with E-state index in [4.69, 9.17) is 5.73 Å². The van der Waals surface area contributed by atoms with Gasteiger partial charge in [-0.1, -0.05) is 72.1 Å². The minimum absolute atomic E-state index is 0.405. The van der Waals surface area contributed by atoms with E-state index >= 15 is 0 Å². The van der Waals surface area contributed by atoms with Crippen molar-refractivity contribution in [2.75, 3.05) is 6.54 Å². The molecular formula is C15H33N. The molecule has 0 bridgehead atoms. The smallest absolute Gasteiger partial charge is 0.00233 e. The van der Waals surface area contributed by atoms with Gasteiger partial charge in [0.05, 0.1) is 0 Å². The van der Waals surface area contributed by atoms with E-state index in [0.717, 1.165) is 6.54 Å². The maximum absolute atomic E-state index is 5.81. The van der Waals surface area contributed by atoms with E-state index in [1.165, 1.54) is 64.2 Å². The molecule has 0 saturated carbocycles. The molecule has 1 nitrogen and oxygen atoms in total. The molecule has 0 aromatic rings. The number of nitrogens with two attached hydrogens (primary N) is 1. The van der Waals surface area contributed by atoms with Crippen LogP contribution in [0.2, 0.25) is 0 Å². The third kappa shape index (κ3) is 8.15. The molecule has 0 spiro atoms. The highest BCUT2D eigenvalue weighted by atomic mass is 14.6. The molecule has 0 rings (SSSR count). The second-order valence-electron chi connectivity index (χ2n) is 5.59. The molecule has 0 aliphatic carbocycles. The van der Waals surface area contributed by atoms with Gasteiger partial charge in [0.15, 0.2) is 0 Å². The van der Waals surface area contributed by atoms with Crippen molar-refractivity contribution in [1.82, 2.24) is 0 Å². The van der Waals surface area contributed by atoms with Gasteiger partial charge in [0, 0.05) is 0 Å². The summed E-state index contributed by atoms with van der Waals surface area (Å²) in [6, 6.07) is 0. The minimum atomic E-state index is 0.405. The molecule has 0 fully saturated rings. The topological polar surface area (TPSA) is 26.0 Å². The number of hydrogen-bond donors (Lipinski definition) is 1. The van der Waals surface area contributed by atoms with E-state index in [1.54, 1.807) is 0 Å². The van der Waals surface area contributed by atoms with E-state index in [0.29, 0.717) is 5.41 Å². The third-order valence-corrected chi connectivity index (χ3v) is 3.98. The Labute approximate surface area is 103 Å². The average molecular weight is 227 g/mol. The normalized spacial score (nSPS) is 15.0. The Morgan fingerprint density at radius 1 is 0.812 bits per heavy atom. The SMILES string of the molecule is CCCCCCCCCCC(C)(CC)CN. The highest BCUT2D eigenvalue weighted by molar-refractivity contribution is 4.73. The Balaban J connectivity index is 3.26. The van der Waals surface area contributed by atoms with Gasteiger partial charge in [0.2, 0.25) is 0 Å². The fourth-order valence-electron chi connectivity index (χ4n) is 2.11. The van der Waals surface area contributed by atoms with Gasteiger partial charge in [0.1, 0.15) is 0 Å². The zero-order chi connectivity index (χ0) is 12.3. The van der Waals surface area contributed by atoms with Gasteiger partial charge in [0.25, 0.3) is 0 Å². The fraction of sp³-hybridized carbons (Fsp3) is 1.00. The molecule has 98 valence electrons. The second-order valence-corrected chi connectivity index (χ2v) is 5.59. The average Bonchev–Trinajstić information content (AvgIpc) is 2.32. The summed E-state index contributed by atoms with van der Waals surface area (Å²) in [5, 5.41) is 0. The van der Waals surface area contributed by atoms with Gasteiger partial charge in [-0.15, -0.1) is 0 Å². The molecule has 0 radical (unpaired) electrons. The zero-order valence-electron chi connectivity index (χ0n) is 11.9. The summed E-state index contributed by atoms with van der Waals surface area (Å²) in [7, 11) is 0. The number of hydrogen-bond acceptors (Lipinski definition) is 1. The van der Waals surface area contributed by atoms with Crippen molar-refractivity contribution in [2.24, 2.45) is 11.1 Å². The summed E-state index contributed by atoms with van der Waals surface area (Å²) in [4.78, 5) is 0. The van der Waals surface area contributed by atoms with Gasteiger partial charge < -0.3 is 5.73 Å². The standard InChI is InChI=1S/C15H33N/c1-4-6-7-8-9-10-11-12-13-15(3,5-2)14-16/h4-14,16H2,1-3H3. The first-order valence-corrected chi connectivity index (χ1v) is 7.38. The molecular weight excluding hydrogens is 194 g/mol. The van der Waals surface area contributed by atoms with Crippen LogP contribution in [0, 0.1) is 5.41 Å². The molecule has 0 heterocycles. The van der Waals surface area contributed by atoms with Crippen molar-refractivity contribution < 1.29 is 0 Å². The lowest BCUT2D eigenvalue weighted by Gasteiger charge is -2.26. The van der Waals surface area contributed by atoms with E-state index in [2.05, 4.69) is 20.8 Å². The quantitative estimate of drug-likeness (QED) is 0.500. The molecule has 16 heavy (non-hydrogen) atoms. The van der Waals surface area contributed by atoms with Crippen LogP contribution in [-0.4, -0.2) is 6.54 Å². The van der Waals surface area contributed by atoms with Crippen molar-refractivity contribution >= 4 is 0 Å². The Kier molecular flexibility index (Phi) is 10.1. The predicted octanol–water partition coefficient (Wildman–Crippen LogP) is 4.89. The van der Waals surface area contributed by atoms with Gasteiger partial charge in [-0.05, 0) is 24.8 Å². The van der Waals surface area contributed by atoms with Crippen LogP contribution in [0.25, 0.3) is 0 Å². The van der Waals surface area contributed by atoms with Crippen molar-refractivity contribution in [3.05, 3.63) is 0 Å². The molecule has 1 unspecified atom stereocenters. The van der Waals surface area contributed by atoms with Crippen LogP contribution < -0.4 is 5.73 Å². The zero-order valence-corrected chi connectivity index (χ0v) is 11.9. The Hall–Kier alpha value is -0.0400. The lowest BCUT2D eigenvalue weighted by Crippen LogP contribution is -2.26. The predicted molar refractivity (Wildman–Crippen MR) is 74.7 cm³/mol. The summed E-state index contributed by atoms with van der Waals surface area (Å²) >= 11 is 0. The maximum Gasteiger partial charge on any atom is -0.00233 e. The summed E-state index contributed by atoms with van der Waals surface area (Å²) in [5.41, 5.74) is 6.22. The van der Waals surface area contributed by atoms with Crippen molar-refractivity contribution in [2.45, 2.75) is 85.0 Å². The van der Waals surface area contributed by atoms with Crippen LogP contribution in [-0.2, 0) is 0 Å². The minimum Gasteiger partial charge on any atom is -0.330 e. The highest BCUT2D eigenvalue weighted by Gasteiger charge is 2.18. The molecule has 0 saturated heterocycles. The molecule has 1 atom stereocenters. The molecule has 1 heteroatoms. The largest absolute Gasteiger partial charge is 0.330 e. The summed E-state index contributed by atoms with van der Waals surface area (Å²) < 4.78 is 0. The van der Waals surface area contributed by atoms with Gasteiger partial charge >= 0.3 is 0 Å². The van der Waals surface area contributed by atoms with Crippen LogP contribution in [0.4, 0.5) is 0 Å². The fourth-order valence-corrected chi connectivity index (χ4v) is 2.11. The van der Waals surface area contributed by atoms with E-state index in [1.807, 2.05) is 0 Å². The number of rotatable bonds is 11. The third-order valence-electron chi connectivity index (χ3n) is 3.98. The Morgan fingerprint density at radius 2 is 1.31 bits per heavy atom. The Bertz CT molecular complexity index is 138. The first kappa shape index (κ1) is 16.0. The summed E-state index contributed by atoms with van der Waals surface area (Å²) in [5.74, 6) is 0. The first-order chi connectivity index (χ1) is 7.68. The summed E-state index contributed by atoms with van der Waals surface area (Å²) in [6.07, 6.45) is 13.8. The van der Waals surface area contributed by atoms with E-state index in [-0.39, 0.29) is 0 Å². The van der Waals surface area contributed by atoms with Crippen molar-refractivity contribution in [1.29, 1.82) is 0 Å². The van der Waals surface area contributed by atoms with Crippen LogP contribution >= 0.6 is 0 Å².